The molecule has 140 valence electrons. The smallest absolute Gasteiger partial charge is 0.389 e. The number of nitrogens with one attached hydrogen (secondary N) is 1. The molecule has 0 amide bonds. The molecule has 1 heterocycles. The highest BCUT2D eigenvalue weighted by molar-refractivity contribution is 7.93. The quantitative estimate of drug-likeness (QED) is 0.581. The van der Waals surface area contributed by atoms with E-state index in [1.807, 2.05) is 0 Å². The zero-order valence-electron chi connectivity index (χ0n) is 13.3. The fourth-order valence-corrected chi connectivity index (χ4v) is 2.59. The van der Waals surface area contributed by atoms with Crippen LogP contribution in [0.2, 0.25) is 5.02 Å². The van der Waals surface area contributed by atoms with E-state index in [0.717, 1.165) is 6.07 Å². The summed E-state index contributed by atoms with van der Waals surface area (Å²) in [6, 6.07) is 8.82. The molecule has 1 N–H and O–H groups in total. The SMILES string of the molecule is CC(=NOCc1ccccn1)c1cc(Cl)ccc1NS(=O)(=O)C(F)(F)F. The number of halogens is 4. The molecule has 0 aliphatic rings. The van der Waals surface area contributed by atoms with Crippen LogP contribution in [0.1, 0.15) is 18.2 Å². The molecule has 11 heteroatoms. The van der Waals surface area contributed by atoms with Crippen molar-refractivity contribution in [3.63, 3.8) is 0 Å². The molecule has 0 unspecified atom stereocenters. The van der Waals surface area contributed by atoms with E-state index in [1.54, 1.807) is 24.4 Å². The molecule has 1 aromatic heterocycles. The Labute approximate surface area is 152 Å². The number of benzene rings is 1. The van der Waals surface area contributed by atoms with Crippen molar-refractivity contribution in [1.29, 1.82) is 0 Å². The zero-order chi connectivity index (χ0) is 19.4. The van der Waals surface area contributed by atoms with Crippen molar-refractivity contribution in [3.8, 4) is 0 Å². The van der Waals surface area contributed by atoms with E-state index in [-0.39, 0.29) is 28.6 Å². The summed E-state index contributed by atoms with van der Waals surface area (Å²) in [7, 11) is -5.58. The first-order valence-electron chi connectivity index (χ1n) is 7.05. The van der Waals surface area contributed by atoms with Gasteiger partial charge in [-0.15, -0.1) is 0 Å². The van der Waals surface area contributed by atoms with Gasteiger partial charge in [-0.2, -0.15) is 21.6 Å². The molecule has 26 heavy (non-hydrogen) atoms. The average molecular weight is 408 g/mol. The van der Waals surface area contributed by atoms with Gasteiger partial charge >= 0.3 is 15.5 Å². The molecule has 0 aliphatic carbocycles. The minimum absolute atomic E-state index is 0.0301. The Morgan fingerprint density at radius 1 is 1.31 bits per heavy atom. The summed E-state index contributed by atoms with van der Waals surface area (Å²) in [5.41, 5.74) is -5.01. The highest BCUT2D eigenvalue weighted by atomic mass is 35.5. The number of oxime groups is 1. The topological polar surface area (TPSA) is 80.7 Å². The summed E-state index contributed by atoms with van der Waals surface area (Å²) < 4.78 is 61.9. The Hall–Kier alpha value is -2.33. The molecule has 0 bridgehead atoms. The van der Waals surface area contributed by atoms with Crippen molar-refractivity contribution in [2.75, 3.05) is 4.72 Å². The Bertz CT molecular complexity index is 903. The van der Waals surface area contributed by atoms with Gasteiger partial charge in [0.05, 0.1) is 17.1 Å². The number of alkyl halides is 3. The van der Waals surface area contributed by atoms with Gasteiger partial charge in [0, 0.05) is 16.8 Å². The van der Waals surface area contributed by atoms with Gasteiger partial charge in [0.2, 0.25) is 0 Å². The monoisotopic (exact) mass is 407 g/mol. The van der Waals surface area contributed by atoms with E-state index in [9.17, 15) is 21.6 Å². The van der Waals surface area contributed by atoms with Gasteiger partial charge in [0.1, 0.15) is 0 Å². The van der Waals surface area contributed by atoms with Crippen LogP contribution in [0, 0.1) is 0 Å². The van der Waals surface area contributed by atoms with Gasteiger partial charge in [0.25, 0.3) is 0 Å². The second kappa shape index (κ2) is 7.92. The Morgan fingerprint density at radius 3 is 2.65 bits per heavy atom. The highest BCUT2D eigenvalue weighted by Crippen LogP contribution is 2.28. The summed E-state index contributed by atoms with van der Waals surface area (Å²) in [5, 5.41) is 3.97. The molecular weight excluding hydrogens is 395 g/mol. The molecular formula is C15H13ClF3N3O3S. The third kappa shape index (κ3) is 5.09. The van der Waals surface area contributed by atoms with Crippen molar-refractivity contribution in [3.05, 3.63) is 58.9 Å². The summed E-state index contributed by atoms with van der Waals surface area (Å²) in [6.07, 6.45) is 1.57. The lowest BCUT2D eigenvalue weighted by Crippen LogP contribution is -2.30. The fraction of sp³-hybridized carbons (Fsp3) is 0.200. The summed E-state index contributed by atoms with van der Waals surface area (Å²) >= 11 is 5.85. The molecule has 1 aromatic carbocycles. The Kier molecular flexibility index (Phi) is 6.09. The van der Waals surface area contributed by atoms with Crippen LogP contribution in [0.15, 0.2) is 47.8 Å². The van der Waals surface area contributed by atoms with E-state index in [2.05, 4.69) is 10.1 Å². The standard InChI is InChI=1S/C15H13ClF3N3O3S/c1-10(21-25-9-12-4-2-3-7-20-12)13-8-11(16)5-6-14(13)22-26(23,24)15(17,18)19/h2-8,22H,9H2,1H3. The van der Waals surface area contributed by atoms with E-state index >= 15 is 0 Å². The van der Waals surface area contributed by atoms with Crippen LogP contribution in [0.5, 0.6) is 0 Å². The van der Waals surface area contributed by atoms with Crippen molar-refractivity contribution < 1.29 is 26.4 Å². The number of aromatic nitrogens is 1. The number of sulfonamides is 1. The van der Waals surface area contributed by atoms with Gasteiger partial charge in [-0.25, -0.2) is 0 Å². The van der Waals surface area contributed by atoms with Crippen LogP contribution in [0.25, 0.3) is 0 Å². The molecule has 2 aromatic rings. The van der Waals surface area contributed by atoms with Gasteiger partial charge in [-0.1, -0.05) is 22.8 Å². The van der Waals surface area contributed by atoms with Crippen LogP contribution in [0.4, 0.5) is 18.9 Å². The lowest BCUT2D eigenvalue weighted by molar-refractivity contribution is -0.0429. The predicted molar refractivity (Wildman–Crippen MR) is 91.3 cm³/mol. The maximum absolute atomic E-state index is 12.6. The first-order chi connectivity index (χ1) is 12.1. The van der Waals surface area contributed by atoms with E-state index < -0.39 is 15.5 Å². The van der Waals surface area contributed by atoms with Gasteiger partial charge in [-0.3, -0.25) is 9.71 Å². The Balaban J connectivity index is 2.24. The third-order valence-electron chi connectivity index (χ3n) is 3.06. The second-order valence-electron chi connectivity index (χ2n) is 5.01. The van der Waals surface area contributed by atoms with Crippen LogP contribution in [0.3, 0.4) is 0 Å². The molecule has 0 atom stereocenters. The molecule has 0 radical (unpaired) electrons. The molecule has 0 spiro atoms. The molecule has 0 fully saturated rings. The molecule has 6 nitrogen and oxygen atoms in total. The van der Waals surface area contributed by atoms with Crippen molar-refractivity contribution >= 4 is 33.0 Å². The lowest BCUT2D eigenvalue weighted by atomic mass is 10.1. The first-order valence-corrected chi connectivity index (χ1v) is 8.92. The summed E-state index contributed by atoms with van der Waals surface area (Å²) in [4.78, 5) is 9.13. The van der Waals surface area contributed by atoms with Crippen molar-refractivity contribution in [2.45, 2.75) is 19.0 Å². The minimum Gasteiger partial charge on any atom is -0.389 e. The second-order valence-corrected chi connectivity index (χ2v) is 7.12. The maximum atomic E-state index is 12.6. The average Bonchev–Trinajstić information content (AvgIpc) is 2.56. The lowest BCUT2D eigenvalue weighted by Gasteiger charge is -2.14. The van der Waals surface area contributed by atoms with Crippen molar-refractivity contribution in [1.82, 2.24) is 4.98 Å². The maximum Gasteiger partial charge on any atom is 0.516 e. The Morgan fingerprint density at radius 2 is 2.04 bits per heavy atom. The van der Waals surface area contributed by atoms with Crippen LogP contribution in [-0.2, 0) is 21.5 Å². The van der Waals surface area contributed by atoms with Gasteiger partial charge in [0.15, 0.2) is 6.61 Å². The van der Waals surface area contributed by atoms with Crippen LogP contribution < -0.4 is 4.72 Å². The molecule has 0 saturated carbocycles. The summed E-state index contributed by atoms with van der Waals surface area (Å²) in [6.45, 7) is 1.47. The van der Waals surface area contributed by atoms with Crippen molar-refractivity contribution in [2.24, 2.45) is 5.16 Å². The molecule has 0 saturated heterocycles. The number of hydrogen-bond acceptors (Lipinski definition) is 5. The molecule has 2 rings (SSSR count). The van der Waals surface area contributed by atoms with E-state index in [1.165, 1.54) is 23.8 Å². The normalized spacial score (nSPS) is 12.7. The largest absolute Gasteiger partial charge is 0.516 e. The first kappa shape index (κ1) is 20.0. The van der Waals surface area contributed by atoms with Crippen LogP contribution >= 0.6 is 11.6 Å². The highest BCUT2D eigenvalue weighted by Gasteiger charge is 2.46. The summed E-state index contributed by atoms with van der Waals surface area (Å²) in [5.74, 6) is 0. The molecule has 0 aliphatic heterocycles. The zero-order valence-corrected chi connectivity index (χ0v) is 14.9. The van der Waals surface area contributed by atoms with Gasteiger partial charge < -0.3 is 4.84 Å². The third-order valence-corrected chi connectivity index (χ3v) is 4.39. The number of rotatable bonds is 6. The number of nitrogens with zero attached hydrogens (tertiary/aromatic N) is 2. The fourth-order valence-electron chi connectivity index (χ4n) is 1.84. The van der Waals surface area contributed by atoms with Crippen LogP contribution in [-0.4, -0.2) is 24.6 Å². The van der Waals surface area contributed by atoms with E-state index in [4.69, 9.17) is 16.4 Å². The number of anilines is 1. The predicted octanol–water partition coefficient (Wildman–Crippen LogP) is 3.94. The number of hydrogen-bond donors (Lipinski definition) is 1. The minimum atomic E-state index is -5.58. The number of pyridine rings is 1. The van der Waals surface area contributed by atoms with Gasteiger partial charge in [-0.05, 0) is 37.3 Å². The van der Waals surface area contributed by atoms with E-state index in [0.29, 0.717) is 5.69 Å².